The lowest BCUT2D eigenvalue weighted by Gasteiger charge is -2.29. The third-order valence-corrected chi connectivity index (χ3v) is 25.7. The molecule has 0 bridgehead atoms. The number of benzene rings is 6. The van der Waals surface area contributed by atoms with Gasteiger partial charge in [0, 0.05) is 69.4 Å². The summed E-state index contributed by atoms with van der Waals surface area (Å²) < 4.78 is 18.1. The molecule has 24 heteroatoms. The normalized spacial score (nSPS) is 25.0. The van der Waals surface area contributed by atoms with Gasteiger partial charge < -0.3 is 54.7 Å². The number of nitrogens with zero attached hydrogens (tertiary/aromatic N) is 9. The van der Waals surface area contributed by atoms with Crippen LogP contribution in [0.5, 0.6) is 0 Å². The van der Waals surface area contributed by atoms with E-state index in [1.165, 1.54) is 72.1 Å². The minimum atomic E-state index is -0.552. The molecule has 4 saturated carbocycles. The Morgan fingerprint density at radius 1 is 0.403 bits per heavy atom. The molecule has 638 valence electrons. The first kappa shape index (κ1) is 83.2. The van der Waals surface area contributed by atoms with Crippen LogP contribution in [0.3, 0.4) is 0 Å². The lowest BCUT2D eigenvalue weighted by atomic mass is 10.0. The molecule has 9 fully saturated rings. The number of aromatic amines is 6. The van der Waals surface area contributed by atoms with Crippen LogP contribution in [-0.2, 0) is 14.2 Å². The molecule has 21 rings (SSSR count). The molecular weight excluding hydrogens is 1620 g/mol. The largest absolute Gasteiger partial charge is 0.444 e. The van der Waals surface area contributed by atoms with Gasteiger partial charge in [0.15, 0.2) is 0 Å². The zero-order chi connectivity index (χ0) is 86.2. The standard InChI is InChI=1S/C38H44N6O4.C29H29N5.C23H26BrN3O2.C10H11N3/c1-22-14-31(43(21-22)35(45)47-37(2,3)4)33-40-20-29(42-33)26-12-11-24-15-23(8-10-25(24)16-26)9-13-28-19-39-34(41-28)32-18-27-17-30(27)44(32)36(46)48-38(5,6)7;1-17-2-5-22(10-17)28-31-16-27(34-28)21-8-7-19-11-18(3-6-20(19)12-21)4-9-24-15-30-29(32-24)26-14-23-13-25(23)33-26;1-14-9-20(27(13-14)22(28)29-23(2,3)4)21-25-12-19(26-21)17-6-5-16-11-18(24)8-7-15(16)10-17;1-2-7-5-11-10(12-7)9-4-6-3-8(6)13-9/h8,10-12,15-16,19-20,22,27,30-32H,14,17-18,21H2,1-7H3,(H,39,41)(H,40,42);3,6-8,11-12,15-17,22-23,25-26,33H,2,5,10,13-14H2,1H3,(H,30,32)(H,31,34);5-8,10-12,14,20H,9,13H2,1-4H3,(H,25,26);1,5-6,8-9,13H,3-4H2,(H,11,12)/t22-,27+,30+,31-,32-;17-,22+,23-,25-,26+;14-,20-;6-,8-,9+/m0101/s1. The Hall–Kier alpha value is -11.8. The van der Waals surface area contributed by atoms with Gasteiger partial charge in [-0.2, -0.15) is 0 Å². The summed E-state index contributed by atoms with van der Waals surface area (Å²) in [6.07, 6.45) is 27.9. The Kier molecular flexibility index (Phi) is 22.6. The monoisotopic (exact) mass is 1720 g/mol. The van der Waals surface area contributed by atoms with E-state index in [0.717, 1.165) is 150 Å². The van der Waals surface area contributed by atoms with Crippen LogP contribution in [0.2, 0.25) is 0 Å². The molecule has 11 heterocycles. The van der Waals surface area contributed by atoms with E-state index in [1.807, 2.05) is 104 Å². The Labute approximate surface area is 733 Å². The zero-order valence-electron chi connectivity index (χ0n) is 72.6. The number of nitrogens with one attached hydrogen (secondary N) is 8. The predicted molar refractivity (Wildman–Crippen MR) is 485 cm³/mol. The fraction of sp³-hybridized carbons (Fsp3) is 0.430. The van der Waals surface area contributed by atoms with Crippen molar-refractivity contribution >= 4 is 66.5 Å². The van der Waals surface area contributed by atoms with Gasteiger partial charge >= 0.3 is 18.3 Å². The second-order valence-electron chi connectivity index (χ2n) is 38.9. The number of terminal acetylenes is 1. The molecule has 23 nitrogen and oxygen atoms in total. The Balaban J connectivity index is 0.000000121. The van der Waals surface area contributed by atoms with Crippen molar-refractivity contribution in [3.05, 3.63) is 214 Å². The van der Waals surface area contributed by atoms with Crippen LogP contribution in [0.1, 0.15) is 253 Å². The van der Waals surface area contributed by atoms with E-state index in [1.54, 1.807) is 22.2 Å². The number of imidazole rings is 6. The number of likely N-dealkylation sites (tertiary alicyclic amines) is 3. The highest BCUT2D eigenvalue weighted by molar-refractivity contribution is 9.10. The third kappa shape index (κ3) is 19.1. The number of fused-ring (bicyclic) bond motifs is 6. The Morgan fingerprint density at radius 2 is 0.815 bits per heavy atom. The molecule has 5 saturated heterocycles. The highest BCUT2D eigenvalue weighted by Gasteiger charge is 2.56. The molecular formula is C100H110BrN17O6. The van der Waals surface area contributed by atoms with Crippen LogP contribution in [-0.4, -0.2) is 141 Å². The number of carbonyl (C=O) groups is 3. The molecule has 6 aromatic carbocycles. The first-order valence-corrected chi connectivity index (χ1v) is 44.8. The van der Waals surface area contributed by atoms with Crippen molar-refractivity contribution in [1.82, 2.24) is 85.1 Å². The van der Waals surface area contributed by atoms with Crippen molar-refractivity contribution in [3.8, 4) is 69.8 Å². The van der Waals surface area contributed by atoms with Crippen LogP contribution in [0.15, 0.2) is 151 Å². The van der Waals surface area contributed by atoms with Crippen molar-refractivity contribution in [1.29, 1.82) is 0 Å². The number of hydrogen-bond donors (Lipinski definition) is 8. The van der Waals surface area contributed by atoms with Gasteiger partial charge in [-0.1, -0.05) is 109 Å². The van der Waals surface area contributed by atoms with Gasteiger partial charge in [0.2, 0.25) is 0 Å². The van der Waals surface area contributed by atoms with Crippen molar-refractivity contribution < 1.29 is 28.6 Å². The van der Waals surface area contributed by atoms with Crippen molar-refractivity contribution in [2.45, 2.75) is 225 Å². The summed E-state index contributed by atoms with van der Waals surface area (Å²) in [6.45, 7) is 25.0. The van der Waals surface area contributed by atoms with Gasteiger partial charge in [0.05, 0.1) is 84.5 Å². The van der Waals surface area contributed by atoms with Crippen molar-refractivity contribution in [2.24, 2.45) is 35.5 Å². The molecule has 5 aliphatic heterocycles. The number of piperidine rings is 3. The van der Waals surface area contributed by atoms with E-state index < -0.39 is 16.8 Å². The molecule has 6 aromatic heterocycles. The fourth-order valence-electron chi connectivity index (χ4n) is 18.8. The maximum Gasteiger partial charge on any atom is 0.411 e. The summed E-state index contributed by atoms with van der Waals surface area (Å²) >= 11 is 3.52. The highest BCUT2D eigenvalue weighted by Crippen LogP contribution is 2.54. The lowest BCUT2D eigenvalue weighted by molar-refractivity contribution is 0.0171. The van der Waals surface area contributed by atoms with Gasteiger partial charge in [-0.15, -0.1) is 6.42 Å². The average molecular weight is 1730 g/mol. The summed E-state index contributed by atoms with van der Waals surface area (Å²) in [7, 11) is 0. The molecule has 4 aliphatic carbocycles. The van der Waals surface area contributed by atoms with Crippen LogP contribution in [0.4, 0.5) is 14.4 Å². The SMILES string of the molecule is C#Cc1cnc([C@@H]2C[C@H]3C[C@H]3N2)[nH]1.C[C@@H]1CC[C@H](c2ncc(-c3ccc4cc(C#Cc5cnc([C@@H]6C[C@H]7C[C@H]7N6)[nH]5)ccc4c3)[nH]2)C1.C[C@H]1C[C@@H](c2ncc(-c3ccc4cc(Br)ccc4c3)[nH]2)N(C(=O)OC(C)(C)C)C1.C[C@H]1C[C@@H](c2ncc(-c3ccc4cc(C#Cc5cnc([C@@H]6C[C@H]7C[C@H]7N6C(=O)OC(C)(C)C)[nH]5)ccc4c3)[nH]2)N(C(=O)OC(C)(C)C)C1. The minimum Gasteiger partial charge on any atom is -0.444 e. The molecule has 8 N–H and O–H groups in total. The second kappa shape index (κ2) is 33.7. The van der Waals surface area contributed by atoms with Gasteiger partial charge in [0.1, 0.15) is 68.8 Å². The summed E-state index contributed by atoms with van der Waals surface area (Å²) in [6, 6.07) is 40.2. The molecule has 9 aliphatic rings. The Bertz CT molecular complexity index is 6170. The van der Waals surface area contributed by atoms with Crippen LogP contribution in [0.25, 0.3) is 66.1 Å². The fourth-order valence-corrected chi connectivity index (χ4v) is 19.2. The maximum absolute atomic E-state index is 13.0. The van der Waals surface area contributed by atoms with Gasteiger partial charge in [-0.25, -0.2) is 44.3 Å². The van der Waals surface area contributed by atoms with Gasteiger partial charge in [-0.3, -0.25) is 14.7 Å². The smallest absolute Gasteiger partial charge is 0.411 e. The van der Waals surface area contributed by atoms with E-state index >= 15 is 0 Å². The number of aromatic nitrogens is 12. The first-order chi connectivity index (χ1) is 59.4. The van der Waals surface area contributed by atoms with Gasteiger partial charge in [0.25, 0.3) is 0 Å². The predicted octanol–water partition coefficient (Wildman–Crippen LogP) is 20.5. The van der Waals surface area contributed by atoms with E-state index in [4.69, 9.17) is 25.6 Å². The Morgan fingerprint density at radius 3 is 1.27 bits per heavy atom. The zero-order valence-corrected chi connectivity index (χ0v) is 74.2. The molecule has 0 unspecified atom stereocenters. The molecule has 124 heavy (non-hydrogen) atoms. The van der Waals surface area contributed by atoms with Gasteiger partial charge in [-0.05, 0) is 267 Å². The molecule has 15 atom stereocenters. The topological polar surface area (TPSA) is 285 Å². The van der Waals surface area contributed by atoms with E-state index in [0.29, 0.717) is 60.6 Å². The lowest BCUT2D eigenvalue weighted by Crippen LogP contribution is -2.38. The number of hydrogen-bond acceptors (Lipinski definition) is 14. The number of H-pyrrole nitrogens is 6. The number of ether oxygens (including phenoxy) is 3. The second-order valence-corrected chi connectivity index (χ2v) is 39.8. The van der Waals surface area contributed by atoms with Crippen LogP contribution < -0.4 is 10.6 Å². The van der Waals surface area contributed by atoms with Crippen LogP contribution in [0, 0.1) is 71.5 Å². The van der Waals surface area contributed by atoms with E-state index in [2.05, 4.69) is 229 Å². The summed E-state index contributed by atoms with van der Waals surface area (Å²) in [5, 5.41) is 14.1. The van der Waals surface area contributed by atoms with E-state index in [-0.39, 0.29) is 42.4 Å². The van der Waals surface area contributed by atoms with E-state index in [9.17, 15) is 14.4 Å². The third-order valence-electron chi connectivity index (χ3n) is 25.3. The van der Waals surface area contributed by atoms with Crippen molar-refractivity contribution in [3.63, 3.8) is 0 Å². The molecule has 12 aromatic rings. The highest BCUT2D eigenvalue weighted by atomic mass is 79.9. The number of amides is 3. The quantitative estimate of drug-likeness (QED) is 0.0493. The van der Waals surface area contributed by atoms with Crippen LogP contribution >= 0.6 is 15.9 Å². The summed E-state index contributed by atoms with van der Waals surface area (Å²) in [5.41, 5.74) is 8.89. The molecule has 3 amide bonds. The molecule has 0 spiro atoms. The number of halogens is 1. The minimum absolute atomic E-state index is 0.0926. The number of carbonyl (C=O) groups excluding carboxylic acids is 3. The molecule has 0 radical (unpaired) electrons. The number of rotatable bonds is 9. The van der Waals surface area contributed by atoms with Crippen molar-refractivity contribution in [2.75, 3.05) is 13.1 Å². The summed E-state index contributed by atoms with van der Waals surface area (Å²) in [4.78, 5) is 91.9. The average Bonchev–Trinajstić information content (AvgIpc) is 1.57. The maximum atomic E-state index is 13.0. The first-order valence-electron chi connectivity index (χ1n) is 44.1. The summed E-state index contributed by atoms with van der Waals surface area (Å²) in [5.74, 6) is 25.5.